The van der Waals surface area contributed by atoms with Gasteiger partial charge in [0.25, 0.3) is 0 Å². The third-order valence-corrected chi connectivity index (χ3v) is 4.31. The van der Waals surface area contributed by atoms with Gasteiger partial charge in [-0.2, -0.15) is 0 Å². The van der Waals surface area contributed by atoms with Crippen LogP contribution >= 0.6 is 0 Å². The molecule has 1 aliphatic carbocycles. The standard InChI is InChI=1S/C15H23N3O2/c1-15(9-19)8-18(6-7-20-10-15)14-12-4-2-3-5-13(12)16-11-17-14/h11,19H,2-10H2,1H3. The predicted molar refractivity (Wildman–Crippen MR) is 76.9 cm³/mol. The molecule has 5 nitrogen and oxygen atoms in total. The summed E-state index contributed by atoms with van der Waals surface area (Å²) in [7, 11) is 0. The summed E-state index contributed by atoms with van der Waals surface area (Å²) in [4.78, 5) is 11.2. The number of ether oxygens (including phenoxy) is 1. The van der Waals surface area contributed by atoms with Crippen LogP contribution in [0, 0.1) is 5.41 Å². The highest BCUT2D eigenvalue weighted by molar-refractivity contribution is 5.50. The van der Waals surface area contributed by atoms with E-state index in [1.54, 1.807) is 6.33 Å². The van der Waals surface area contributed by atoms with Crippen LogP contribution in [0.1, 0.15) is 31.0 Å². The fraction of sp³-hybridized carbons (Fsp3) is 0.733. The van der Waals surface area contributed by atoms with Crippen molar-refractivity contribution in [2.24, 2.45) is 5.41 Å². The van der Waals surface area contributed by atoms with E-state index in [-0.39, 0.29) is 12.0 Å². The summed E-state index contributed by atoms with van der Waals surface area (Å²) in [6.45, 7) is 5.11. The van der Waals surface area contributed by atoms with Crippen LogP contribution in [-0.4, -0.2) is 48.0 Å². The van der Waals surface area contributed by atoms with Crippen LogP contribution in [0.25, 0.3) is 0 Å². The lowest BCUT2D eigenvalue weighted by atomic mass is 9.91. The molecular formula is C15H23N3O2. The Hall–Kier alpha value is -1.20. The highest BCUT2D eigenvalue weighted by Gasteiger charge is 2.31. The lowest BCUT2D eigenvalue weighted by molar-refractivity contribution is 0.0406. The van der Waals surface area contributed by atoms with Gasteiger partial charge in [0.15, 0.2) is 0 Å². The Kier molecular flexibility index (Phi) is 3.89. The van der Waals surface area contributed by atoms with Crippen molar-refractivity contribution in [1.82, 2.24) is 9.97 Å². The number of fused-ring (bicyclic) bond motifs is 1. The Labute approximate surface area is 120 Å². The molecule has 0 spiro atoms. The summed E-state index contributed by atoms with van der Waals surface area (Å²) in [5.74, 6) is 1.06. The van der Waals surface area contributed by atoms with Crippen molar-refractivity contribution in [3.05, 3.63) is 17.6 Å². The summed E-state index contributed by atoms with van der Waals surface area (Å²) in [6.07, 6.45) is 6.25. The first-order valence-corrected chi connectivity index (χ1v) is 7.48. The largest absolute Gasteiger partial charge is 0.396 e. The van der Waals surface area contributed by atoms with Crippen molar-refractivity contribution in [3.63, 3.8) is 0 Å². The minimum absolute atomic E-state index is 0.136. The topological polar surface area (TPSA) is 58.5 Å². The molecule has 2 heterocycles. The maximum Gasteiger partial charge on any atom is 0.135 e. The molecule has 1 N–H and O–H groups in total. The zero-order valence-corrected chi connectivity index (χ0v) is 12.1. The zero-order chi connectivity index (χ0) is 14.0. The average molecular weight is 277 g/mol. The number of anilines is 1. The number of aliphatic hydroxyl groups is 1. The first-order valence-electron chi connectivity index (χ1n) is 7.48. The maximum absolute atomic E-state index is 9.64. The molecule has 1 aromatic heterocycles. The van der Waals surface area contributed by atoms with Crippen LogP contribution in [0.15, 0.2) is 6.33 Å². The molecule has 0 aromatic carbocycles. The second kappa shape index (κ2) is 5.66. The van der Waals surface area contributed by atoms with Gasteiger partial charge in [-0.15, -0.1) is 0 Å². The quantitative estimate of drug-likeness (QED) is 0.880. The molecule has 1 unspecified atom stereocenters. The van der Waals surface area contributed by atoms with Crippen LogP contribution in [0.5, 0.6) is 0 Å². The van der Waals surface area contributed by atoms with E-state index in [9.17, 15) is 5.11 Å². The predicted octanol–water partition coefficient (Wildman–Crippen LogP) is 1.19. The number of rotatable bonds is 2. The Bertz CT molecular complexity index is 480. The van der Waals surface area contributed by atoms with Crippen molar-refractivity contribution in [2.45, 2.75) is 32.6 Å². The Morgan fingerprint density at radius 3 is 3.05 bits per heavy atom. The summed E-state index contributed by atoms with van der Waals surface area (Å²) in [5, 5.41) is 9.64. The van der Waals surface area contributed by atoms with Crippen molar-refractivity contribution >= 4 is 5.82 Å². The van der Waals surface area contributed by atoms with Crippen molar-refractivity contribution < 1.29 is 9.84 Å². The van der Waals surface area contributed by atoms with Gasteiger partial charge in [-0.25, -0.2) is 9.97 Å². The van der Waals surface area contributed by atoms with Gasteiger partial charge in [0.2, 0.25) is 0 Å². The van der Waals surface area contributed by atoms with Gasteiger partial charge in [0, 0.05) is 29.8 Å². The molecule has 0 amide bonds. The van der Waals surface area contributed by atoms with E-state index in [4.69, 9.17) is 4.74 Å². The second-order valence-corrected chi connectivity index (χ2v) is 6.27. The number of aliphatic hydroxyl groups excluding tert-OH is 1. The van der Waals surface area contributed by atoms with Gasteiger partial charge in [-0.1, -0.05) is 6.92 Å². The van der Waals surface area contributed by atoms with Crippen LogP contribution in [0.4, 0.5) is 5.82 Å². The van der Waals surface area contributed by atoms with Gasteiger partial charge in [0.1, 0.15) is 12.1 Å². The number of hydrogen-bond acceptors (Lipinski definition) is 5. The van der Waals surface area contributed by atoms with E-state index in [2.05, 4.69) is 21.8 Å². The number of aromatic nitrogens is 2. The third-order valence-electron chi connectivity index (χ3n) is 4.31. The van der Waals surface area contributed by atoms with E-state index in [0.29, 0.717) is 13.2 Å². The maximum atomic E-state index is 9.64. The van der Waals surface area contributed by atoms with Crippen LogP contribution in [-0.2, 0) is 17.6 Å². The van der Waals surface area contributed by atoms with E-state index in [0.717, 1.165) is 31.7 Å². The fourth-order valence-electron chi connectivity index (χ4n) is 3.13. The molecule has 1 saturated heterocycles. The average Bonchev–Trinajstić information content (AvgIpc) is 2.69. The Balaban J connectivity index is 1.91. The molecule has 3 rings (SSSR count). The normalized spacial score (nSPS) is 27.0. The first-order chi connectivity index (χ1) is 9.72. The molecule has 1 fully saturated rings. The molecule has 2 aliphatic rings. The molecule has 5 heteroatoms. The summed E-state index contributed by atoms with van der Waals surface area (Å²) < 4.78 is 5.65. The van der Waals surface area contributed by atoms with Crippen LogP contribution in [0.2, 0.25) is 0 Å². The molecule has 1 aliphatic heterocycles. The minimum atomic E-state index is -0.219. The molecule has 1 aromatic rings. The second-order valence-electron chi connectivity index (χ2n) is 6.27. The molecule has 0 saturated carbocycles. The lowest BCUT2D eigenvalue weighted by Gasteiger charge is -2.32. The van der Waals surface area contributed by atoms with Gasteiger partial charge in [-0.05, 0) is 25.7 Å². The van der Waals surface area contributed by atoms with E-state index >= 15 is 0 Å². The number of nitrogens with zero attached hydrogens (tertiary/aromatic N) is 3. The number of aryl methyl sites for hydroxylation is 1. The van der Waals surface area contributed by atoms with E-state index in [1.807, 2.05) is 0 Å². The van der Waals surface area contributed by atoms with Crippen LogP contribution < -0.4 is 4.90 Å². The monoisotopic (exact) mass is 277 g/mol. The molecule has 110 valence electrons. The van der Waals surface area contributed by atoms with Crippen molar-refractivity contribution in [2.75, 3.05) is 37.8 Å². The summed E-state index contributed by atoms with van der Waals surface area (Å²) in [6, 6.07) is 0. The lowest BCUT2D eigenvalue weighted by Crippen LogP contribution is -2.40. The summed E-state index contributed by atoms with van der Waals surface area (Å²) >= 11 is 0. The third kappa shape index (κ3) is 2.65. The SMILES string of the molecule is CC1(CO)COCCN(c2ncnc3c2CCCC3)C1. The first kappa shape index (κ1) is 13.8. The van der Waals surface area contributed by atoms with Crippen molar-refractivity contribution in [3.8, 4) is 0 Å². The zero-order valence-electron chi connectivity index (χ0n) is 12.1. The molecule has 1 atom stereocenters. The fourth-order valence-corrected chi connectivity index (χ4v) is 3.13. The van der Waals surface area contributed by atoms with E-state index < -0.39 is 0 Å². The highest BCUT2D eigenvalue weighted by atomic mass is 16.5. The molecule has 0 bridgehead atoms. The van der Waals surface area contributed by atoms with Gasteiger partial charge in [-0.3, -0.25) is 0 Å². The molecular weight excluding hydrogens is 254 g/mol. The molecule has 0 radical (unpaired) electrons. The Morgan fingerprint density at radius 2 is 2.20 bits per heavy atom. The van der Waals surface area contributed by atoms with Crippen LogP contribution in [0.3, 0.4) is 0 Å². The van der Waals surface area contributed by atoms with Gasteiger partial charge >= 0.3 is 0 Å². The van der Waals surface area contributed by atoms with Gasteiger partial charge < -0.3 is 14.7 Å². The highest BCUT2D eigenvalue weighted by Crippen LogP contribution is 2.30. The van der Waals surface area contributed by atoms with Gasteiger partial charge in [0.05, 0.1) is 19.8 Å². The Morgan fingerprint density at radius 1 is 1.35 bits per heavy atom. The molecule has 20 heavy (non-hydrogen) atoms. The van der Waals surface area contributed by atoms with E-state index in [1.165, 1.54) is 24.1 Å². The minimum Gasteiger partial charge on any atom is -0.396 e. The number of hydrogen-bond donors (Lipinski definition) is 1. The smallest absolute Gasteiger partial charge is 0.135 e. The summed E-state index contributed by atoms with van der Waals surface area (Å²) in [5.41, 5.74) is 2.29. The van der Waals surface area contributed by atoms with Crippen molar-refractivity contribution in [1.29, 1.82) is 0 Å².